The molecule has 1 atom stereocenters. The molecule has 0 spiro atoms. The van der Waals surface area contributed by atoms with Crippen molar-refractivity contribution >= 4 is 11.9 Å². The Morgan fingerprint density at radius 1 is 1.16 bits per heavy atom. The molecule has 1 aliphatic heterocycles. The number of hydrogen-bond donors (Lipinski definition) is 1. The first-order valence-corrected chi connectivity index (χ1v) is 9.12. The average molecular weight is 347 g/mol. The molecule has 25 heavy (non-hydrogen) atoms. The van der Waals surface area contributed by atoms with Gasteiger partial charge in [-0.2, -0.15) is 0 Å². The molecule has 1 aliphatic carbocycles. The molecule has 1 N–H and O–H groups in total. The van der Waals surface area contributed by atoms with Crippen LogP contribution in [0.3, 0.4) is 0 Å². The summed E-state index contributed by atoms with van der Waals surface area (Å²) in [6.07, 6.45) is 3.27. The van der Waals surface area contributed by atoms with Crippen molar-refractivity contribution in [3.8, 4) is 0 Å². The molecule has 1 aromatic rings. The highest BCUT2D eigenvalue weighted by atomic mass is 19.1. The zero-order valence-corrected chi connectivity index (χ0v) is 14.7. The molecule has 1 heterocycles. The molecule has 136 valence electrons. The summed E-state index contributed by atoms with van der Waals surface area (Å²) in [6, 6.07) is 6.35. The van der Waals surface area contributed by atoms with E-state index in [2.05, 4.69) is 5.32 Å². The minimum absolute atomic E-state index is 0.135. The van der Waals surface area contributed by atoms with Gasteiger partial charge < -0.3 is 15.1 Å². The van der Waals surface area contributed by atoms with E-state index in [-0.39, 0.29) is 29.7 Å². The highest BCUT2D eigenvalue weighted by Gasteiger charge is 2.34. The van der Waals surface area contributed by atoms with Crippen molar-refractivity contribution in [3.63, 3.8) is 0 Å². The molecule has 0 bridgehead atoms. The number of benzene rings is 1. The molecular formula is C19H26FN3O2. The minimum atomic E-state index is -0.243. The quantitative estimate of drug-likeness (QED) is 0.909. The van der Waals surface area contributed by atoms with Gasteiger partial charge in [0.2, 0.25) is 5.91 Å². The number of rotatable bonds is 4. The van der Waals surface area contributed by atoms with E-state index in [0.717, 1.165) is 25.8 Å². The van der Waals surface area contributed by atoms with E-state index in [1.165, 1.54) is 6.07 Å². The van der Waals surface area contributed by atoms with E-state index in [1.807, 2.05) is 11.8 Å². The second-order valence-electron chi connectivity index (χ2n) is 7.09. The van der Waals surface area contributed by atoms with Gasteiger partial charge in [-0.05, 0) is 44.2 Å². The Hall–Kier alpha value is -2.11. The van der Waals surface area contributed by atoms with Gasteiger partial charge in [0.1, 0.15) is 5.82 Å². The fraction of sp³-hybridized carbons (Fsp3) is 0.579. The van der Waals surface area contributed by atoms with Gasteiger partial charge in [0.25, 0.3) is 0 Å². The summed E-state index contributed by atoms with van der Waals surface area (Å²) in [4.78, 5) is 28.3. The van der Waals surface area contributed by atoms with E-state index < -0.39 is 0 Å². The topological polar surface area (TPSA) is 52.7 Å². The first-order valence-electron chi connectivity index (χ1n) is 9.12. The van der Waals surface area contributed by atoms with Gasteiger partial charge in [-0.25, -0.2) is 9.18 Å². The predicted octanol–water partition coefficient (Wildman–Crippen LogP) is 2.41. The minimum Gasteiger partial charge on any atom is -0.341 e. The molecule has 1 aromatic carbocycles. The van der Waals surface area contributed by atoms with Crippen LogP contribution in [-0.2, 0) is 11.2 Å². The molecule has 1 saturated heterocycles. The summed E-state index contributed by atoms with van der Waals surface area (Å²) in [5, 5.41) is 2.95. The van der Waals surface area contributed by atoms with Crippen LogP contribution in [0.15, 0.2) is 24.3 Å². The number of carbonyl (C=O) groups excluding carboxylic acids is 2. The van der Waals surface area contributed by atoms with Gasteiger partial charge in [-0.3, -0.25) is 4.79 Å². The van der Waals surface area contributed by atoms with Gasteiger partial charge in [0.15, 0.2) is 0 Å². The molecule has 0 radical (unpaired) electrons. The summed E-state index contributed by atoms with van der Waals surface area (Å²) in [6.45, 7) is 4.41. The molecule has 3 amide bonds. The number of nitrogens with one attached hydrogen (secondary N) is 1. The lowest BCUT2D eigenvalue weighted by molar-refractivity contribution is -0.132. The molecule has 0 aromatic heterocycles. The Labute approximate surface area is 148 Å². The number of urea groups is 1. The SMILES string of the molecule is C[C@@H](Cc1ccccc1F)NC(=O)N1CCCN(C(=O)C2CC2)CC1. The summed E-state index contributed by atoms with van der Waals surface area (Å²) < 4.78 is 13.7. The summed E-state index contributed by atoms with van der Waals surface area (Å²) in [5.74, 6) is 0.226. The third kappa shape index (κ3) is 4.71. The van der Waals surface area contributed by atoms with Crippen molar-refractivity contribution in [2.45, 2.75) is 38.6 Å². The Morgan fingerprint density at radius 2 is 1.84 bits per heavy atom. The van der Waals surface area contributed by atoms with Gasteiger partial charge in [-0.15, -0.1) is 0 Å². The summed E-state index contributed by atoms with van der Waals surface area (Å²) >= 11 is 0. The van der Waals surface area contributed by atoms with Gasteiger partial charge in [0.05, 0.1) is 0 Å². The second-order valence-corrected chi connectivity index (χ2v) is 7.09. The molecule has 1 saturated carbocycles. The molecule has 2 aliphatic rings. The molecular weight excluding hydrogens is 321 g/mol. The first kappa shape index (κ1) is 17.7. The molecule has 5 nitrogen and oxygen atoms in total. The van der Waals surface area contributed by atoms with Crippen LogP contribution in [0, 0.1) is 11.7 Å². The van der Waals surface area contributed by atoms with Gasteiger partial charge in [0, 0.05) is 38.1 Å². The smallest absolute Gasteiger partial charge is 0.317 e. The largest absolute Gasteiger partial charge is 0.341 e. The van der Waals surface area contributed by atoms with Crippen molar-refractivity contribution in [1.29, 1.82) is 0 Å². The zero-order valence-electron chi connectivity index (χ0n) is 14.7. The van der Waals surface area contributed by atoms with Crippen LogP contribution < -0.4 is 5.32 Å². The summed E-state index contributed by atoms with van der Waals surface area (Å²) in [7, 11) is 0. The van der Waals surface area contributed by atoms with Crippen LogP contribution in [0.1, 0.15) is 31.7 Å². The van der Waals surface area contributed by atoms with Crippen LogP contribution in [0.2, 0.25) is 0 Å². The van der Waals surface area contributed by atoms with Gasteiger partial charge in [-0.1, -0.05) is 18.2 Å². The van der Waals surface area contributed by atoms with Crippen LogP contribution in [-0.4, -0.2) is 54.0 Å². The molecule has 2 fully saturated rings. The Kier molecular flexibility index (Phi) is 5.56. The van der Waals surface area contributed by atoms with E-state index in [9.17, 15) is 14.0 Å². The van der Waals surface area contributed by atoms with E-state index >= 15 is 0 Å². The average Bonchev–Trinajstić information content (AvgIpc) is 3.43. The van der Waals surface area contributed by atoms with Crippen molar-refractivity contribution in [2.24, 2.45) is 5.92 Å². The number of hydrogen-bond acceptors (Lipinski definition) is 2. The lowest BCUT2D eigenvalue weighted by Crippen LogP contribution is -2.46. The fourth-order valence-electron chi connectivity index (χ4n) is 3.28. The molecule has 0 unspecified atom stereocenters. The number of halogens is 1. The standard InChI is InChI=1S/C19H26FN3O2/c1-14(13-16-5-2-3-6-17(16)20)21-19(25)23-10-4-9-22(11-12-23)18(24)15-7-8-15/h2-3,5-6,14-15H,4,7-13H2,1H3,(H,21,25)/t14-/m0/s1. The summed E-state index contributed by atoms with van der Waals surface area (Å²) in [5.41, 5.74) is 0.604. The van der Waals surface area contributed by atoms with Crippen LogP contribution in [0.4, 0.5) is 9.18 Å². The Bertz CT molecular complexity index is 633. The normalized spacial score (nSPS) is 19.3. The predicted molar refractivity (Wildman–Crippen MR) is 93.6 cm³/mol. The second kappa shape index (κ2) is 7.85. The fourth-order valence-corrected chi connectivity index (χ4v) is 3.28. The highest BCUT2D eigenvalue weighted by Crippen LogP contribution is 2.31. The molecule has 3 rings (SSSR count). The van der Waals surface area contributed by atoms with E-state index in [0.29, 0.717) is 31.6 Å². The first-order chi connectivity index (χ1) is 12.0. The lowest BCUT2D eigenvalue weighted by atomic mass is 10.1. The van der Waals surface area contributed by atoms with Crippen molar-refractivity contribution < 1.29 is 14.0 Å². The zero-order chi connectivity index (χ0) is 17.8. The van der Waals surface area contributed by atoms with Crippen LogP contribution in [0.25, 0.3) is 0 Å². The number of nitrogens with zero attached hydrogens (tertiary/aromatic N) is 2. The Morgan fingerprint density at radius 3 is 2.56 bits per heavy atom. The molecule has 6 heteroatoms. The van der Waals surface area contributed by atoms with Crippen LogP contribution >= 0.6 is 0 Å². The van der Waals surface area contributed by atoms with Crippen molar-refractivity contribution in [1.82, 2.24) is 15.1 Å². The third-order valence-corrected chi connectivity index (χ3v) is 4.88. The van der Waals surface area contributed by atoms with Crippen LogP contribution in [0.5, 0.6) is 0 Å². The monoisotopic (exact) mass is 347 g/mol. The maximum absolute atomic E-state index is 13.7. The number of amides is 3. The van der Waals surface area contributed by atoms with Crippen molar-refractivity contribution in [3.05, 3.63) is 35.6 Å². The maximum Gasteiger partial charge on any atom is 0.317 e. The van der Waals surface area contributed by atoms with Crippen molar-refractivity contribution in [2.75, 3.05) is 26.2 Å². The maximum atomic E-state index is 13.7. The highest BCUT2D eigenvalue weighted by molar-refractivity contribution is 5.81. The Balaban J connectivity index is 1.49. The third-order valence-electron chi connectivity index (χ3n) is 4.88. The lowest BCUT2D eigenvalue weighted by Gasteiger charge is -2.24. The number of carbonyl (C=O) groups is 2. The van der Waals surface area contributed by atoms with E-state index in [4.69, 9.17) is 0 Å². The van der Waals surface area contributed by atoms with E-state index in [1.54, 1.807) is 23.1 Å². The van der Waals surface area contributed by atoms with Gasteiger partial charge >= 0.3 is 6.03 Å².